The molecule has 0 saturated carbocycles. The van der Waals surface area contributed by atoms with E-state index in [4.69, 9.17) is 4.74 Å². The second kappa shape index (κ2) is 8.32. The highest BCUT2D eigenvalue weighted by Gasteiger charge is 2.16. The average molecular weight is 368 g/mol. The predicted octanol–water partition coefficient (Wildman–Crippen LogP) is 1.89. The molecule has 0 aliphatic heterocycles. The molecule has 1 aromatic carbocycles. The molecular formula is C15H20N4O3S2. The lowest BCUT2D eigenvalue weighted by Gasteiger charge is -2.12. The van der Waals surface area contributed by atoms with Gasteiger partial charge in [-0.05, 0) is 24.3 Å². The van der Waals surface area contributed by atoms with Gasteiger partial charge in [-0.3, -0.25) is 0 Å². The molecule has 0 spiro atoms. The minimum atomic E-state index is -3.41. The van der Waals surface area contributed by atoms with Gasteiger partial charge in [0.05, 0.1) is 11.5 Å². The first-order chi connectivity index (χ1) is 11.4. The topological polar surface area (TPSA) is 77.3 Å². The molecule has 130 valence electrons. The molecule has 0 aliphatic carbocycles. The van der Waals surface area contributed by atoms with Gasteiger partial charge in [0.2, 0.25) is 10.0 Å². The first-order valence-electron chi connectivity index (χ1n) is 7.22. The van der Waals surface area contributed by atoms with E-state index in [1.54, 1.807) is 36.7 Å². The fourth-order valence-corrected chi connectivity index (χ4v) is 3.47. The van der Waals surface area contributed by atoms with E-state index in [1.165, 1.54) is 30.2 Å². The summed E-state index contributed by atoms with van der Waals surface area (Å²) < 4.78 is 32.7. The van der Waals surface area contributed by atoms with Gasteiger partial charge in [0.1, 0.15) is 12.1 Å². The minimum absolute atomic E-state index is 0.242. The van der Waals surface area contributed by atoms with Crippen LogP contribution in [0.25, 0.3) is 0 Å². The van der Waals surface area contributed by atoms with Crippen LogP contribution in [0.3, 0.4) is 0 Å². The molecule has 9 heteroatoms. The third-order valence-corrected chi connectivity index (χ3v) is 5.87. The fraction of sp³-hybridized carbons (Fsp3) is 0.333. The van der Waals surface area contributed by atoms with E-state index in [2.05, 4.69) is 16.8 Å². The van der Waals surface area contributed by atoms with Crippen molar-refractivity contribution in [1.29, 1.82) is 0 Å². The molecular weight excluding hydrogens is 348 g/mol. The fourth-order valence-electron chi connectivity index (χ4n) is 1.83. The molecule has 1 heterocycles. The van der Waals surface area contributed by atoms with Gasteiger partial charge in [0.25, 0.3) is 0 Å². The van der Waals surface area contributed by atoms with Crippen LogP contribution in [-0.4, -0.2) is 53.9 Å². The smallest absolute Gasteiger partial charge is 0.242 e. The molecule has 0 atom stereocenters. The van der Waals surface area contributed by atoms with Crippen molar-refractivity contribution < 1.29 is 13.2 Å². The standard InChI is InChI=1S/C15H20N4O3S2/c1-4-9-19-12-16-17-15(19)23-11-10-22-13-5-7-14(8-6-13)24(20,21)18(2)3/h4-8,12H,1,9-11H2,2-3H3. The molecule has 0 fully saturated rings. The number of ether oxygens (including phenoxy) is 1. The lowest BCUT2D eigenvalue weighted by atomic mass is 10.3. The summed E-state index contributed by atoms with van der Waals surface area (Å²) in [6.45, 7) is 4.83. The Morgan fingerprint density at radius 3 is 2.67 bits per heavy atom. The first kappa shape index (κ1) is 18.5. The Bertz CT molecular complexity index is 770. The van der Waals surface area contributed by atoms with E-state index in [-0.39, 0.29) is 4.90 Å². The third-order valence-electron chi connectivity index (χ3n) is 3.09. The molecule has 0 radical (unpaired) electrons. The third kappa shape index (κ3) is 4.59. The Labute approximate surface area is 146 Å². The molecule has 24 heavy (non-hydrogen) atoms. The maximum atomic E-state index is 12.0. The van der Waals surface area contributed by atoms with E-state index in [0.717, 1.165) is 5.16 Å². The summed E-state index contributed by atoms with van der Waals surface area (Å²) >= 11 is 1.54. The number of thioether (sulfide) groups is 1. The van der Waals surface area contributed by atoms with Gasteiger partial charge in [-0.2, -0.15) is 0 Å². The number of hydrogen-bond acceptors (Lipinski definition) is 6. The van der Waals surface area contributed by atoms with Gasteiger partial charge in [-0.15, -0.1) is 16.8 Å². The number of aromatic nitrogens is 3. The molecule has 2 aromatic rings. The second-order valence-corrected chi connectivity index (χ2v) is 8.22. The lowest BCUT2D eigenvalue weighted by molar-refractivity contribution is 0.343. The lowest BCUT2D eigenvalue weighted by Crippen LogP contribution is -2.22. The van der Waals surface area contributed by atoms with Crippen molar-refractivity contribution in [2.45, 2.75) is 16.6 Å². The Kier molecular flexibility index (Phi) is 6.41. The summed E-state index contributed by atoms with van der Waals surface area (Å²) in [5.41, 5.74) is 0. The molecule has 0 N–H and O–H groups in total. The maximum absolute atomic E-state index is 12.0. The number of allylic oxidation sites excluding steroid dienone is 1. The van der Waals surface area contributed by atoms with Gasteiger partial charge in [0, 0.05) is 26.4 Å². The van der Waals surface area contributed by atoms with E-state index in [1.807, 2.05) is 4.57 Å². The average Bonchev–Trinajstić information content (AvgIpc) is 2.99. The number of rotatable bonds is 9. The largest absolute Gasteiger partial charge is 0.493 e. The highest BCUT2D eigenvalue weighted by molar-refractivity contribution is 7.99. The molecule has 0 aliphatic rings. The Hall–Kier alpha value is -1.84. The Morgan fingerprint density at radius 2 is 2.04 bits per heavy atom. The van der Waals surface area contributed by atoms with E-state index < -0.39 is 10.0 Å². The first-order valence-corrected chi connectivity index (χ1v) is 9.64. The molecule has 7 nitrogen and oxygen atoms in total. The minimum Gasteiger partial charge on any atom is -0.493 e. The zero-order valence-electron chi connectivity index (χ0n) is 13.6. The van der Waals surface area contributed by atoms with E-state index in [9.17, 15) is 8.42 Å². The molecule has 0 bridgehead atoms. The van der Waals surface area contributed by atoms with Crippen LogP contribution in [-0.2, 0) is 16.6 Å². The van der Waals surface area contributed by atoms with Crippen LogP contribution < -0.4 is 4.74 Å². The van der Waals surface area contributed by atoms with Crippen LogP contribution in [0.2, 0.25) is 0 Å². The van der Waals surface area contributed by atoms with Crippen molar-refractivity contribution in [3.05, 3.63) is 43.2 Å². The van der Waals surface area contributed by atoms with Crippen molar-refractivity contribution in [2.24, 2.45) is 0 Å². The molecule has 0 unspecified atom stereocenters. The summed E-state index contributed by atoms with van der Waals surface area (Å²) in [5.74, 6) is 1.33. The van der Waals surface area contributed by atoms with Crippen molar-refractivity contribution in [1.82, 2.24) is 19.1 Å². The molecule has 1 aromatic heterocycles. The zero-order valence-corrected chi connectivity index (χ0v) is 15.3. The SMILES string of the molecule is C=CCn1cnnc1SCCOc1ccc(S(=O)(=O)N(C)C)cc1. The summed E-state index contributed by atoms with van der Waals surface area (Å²) in [5, 5.41) is 8.71. The van der Waals surface area contributed by atoms with Crippen molar-refractivity contribution >= 4 is 21.8 Å². The summed E-state index contributed by atoms with van der Waals surface area (Å²) in [4.78, 5) is 0.242. The van der Waals surface area contributed by atoms with Gasteiger partial charge in [-0.25, -0.2) is 12.7 Å². The van der Waals surface area contributed by atoms with Gasteiger partial charge >= 0.3 is 0 Å². The van der Waals surface area contributed by atoms with Crippen molar-refractivity contribution in [2.75, 3.05) is 26.5 Å². The van der Waals surface area contributed by atoms with Crippen LogP contribution in [0.4, 0.5) is 0 Å². The number of sulfonamides is 1. The molecule has 0 saturated heterocycles. The van der Waals surface area contributed by atoms with Crippen molar-refractivity contribution in [3.8, 4) is 5.75 Å². The zero-order chi connectivity index (χ0) is 17.6. The summed E-state index contributed by atoms with van der Waals surface area (Å²) in [6, 6.07) is 6.39. The van der Waals surface area contributed by atoms with Crippen LogP contribution in [0.15, 0.2) is 53.3 Å². The quantitative estimate of drug-likeness (QED) is 0.382. The monoisotopic (exact) mass is 368 g/mol. The predicted molar refractivity (Wildman–Crippen MR) is 93.8 cm³/mol. The van der Waals surface area contributed by atoms with E-state index >= 15 is 0 Å². The van der Waals surface area contributed by atoms with Gasteiger partial charge < -0.3 is 9.30 Å². The molecule has 2 rings (SSSR count). The summed E-state index contributed by atoms with van der Waals surface area (Å²) in [6.07, 6.45) is 3.45. The molecule has 0 amide bonds. The highest BCUT2D eigenvalue weighted by atomic mass is 32.2. The summed E-state index contributed by atoms with van der Waals surface area (Å²) in [7, 11) is -0.407. The second-order valence-electron chi connectivity index (χ2n) is 5.01. The van der Waals surface area contributed by atoms with Gasteiger partial charge in [0.15, 0.2) is 5.16 Å². The number of benzene rings is 1. The van der Waals surface area contributed by atoms with Crippen LogP contribution >= 0.6 is 11.8 Å². The van der Waals surface area contributed by atoms with Gasteiger partial charge in [-0.1, -0.05) is 17.8 Å². The Morgan fingerprint density at radius 1 is 1.33 bits per heavy atom. The van der Waals surface area contributed by atoms with E-state index in [0.29, 0.717) is 24.7 Å². The van der Waals surface area contributed by atoms with Crippen LogP contribution in [0.1, 0.15) is 0 Å². The Balaban J connectivity index is 1.85. The highest BCUT2D eigenvalue weighted by Crippen LogP contribution is 2.19. The van der Waals surface area contributed by atoms with Crippen LogP contribution in [0.5, 0.6) is 5.75 Å². The number of hydrogen-bond donors (Lipinski definition) is 0. The van der Waals surface area contributed by atoms with Crippen molar-refractivity contribution in [3.63, 3.8) is 0 Å². The normalized spacial score (nSPS) is 11.6. The maximum Gasteiger partial charge on any atom is 0.242 e. The number of nitrogens with zero attached hydrogens (tertiary/aromatic N) is 4. The van der Waals surface area contributed by atoms with Crippen LogP contribution in [0, 0.1) is 0 Å².